The van der Waals surface area contributed by atoms with Crippen LogP contribution in [0.5, 0.6) is 0 Å². The highest BCUT2D eigenvalue weighted by molar-refractivity contribution is 4.90. The molecule has 1 aliphatic heterocycles. The zero-order valence-corrected chi connectivity index (χ0v) is 7.68. The first-order chi connectivity index (χ1) is 5.08. The van der Waals surface area contributed by atoms with Crippen molar-refractivity contribution in [2.24, 2.45) is 5.41 Å². The molecule has 65 valence electrons. The standard InChI is InChI=1S/C9H18NO/c1-9(2,3)6-8-7-10-4-5-11-8/h6,8,10H,4-5,7H2,1-3H3. The molecule has 0 aromatic rings. The summed E-state index contributed by atoms with van der Waals surface area (Å²) in [4.78, 5) is 0. The van der Waals surface area contributed by atoms with E-state index in [1.807, 2.05) is 0 Å². The summed E-state index contributed by atoms with van der Waals surface area (Å²) in [6, 6.07) is 0. The molecule has 1 saturated heterocycles. The molecule has 1 N–H and O–H groups in total. The number of rotatable bonds is 1. The molecule has 1 fully saturated rings. The van der Waals surface area contributed by atoms with Gasteiger partial charge in [0.1, 0.15) is 0 Å². The lowest BCUT2D eigenvalue weighted by Crippen LogP contribution is -2.40. The van der Waals surface area contributed by atoms with Crippen molar-refractivity contribution >= 4 is 0 Å². The Labute approximate surface area is 69.3 Å². The van der Waals surface area contributed by atoms with Crippen molar-refractivity contribution < 1.29 is 4.74 Å². The van der Waals surface area contributed by atoms with Gasteiger partial charge in [-0.3, -0.25) is 0 Å². The SMILES string of the molecule is CC(C)(C)[CH]C1CNCCO1. The fourth-order valence-corrected chi connectivity index (χ4v) is 1.25. The third-order valence-corrected chi connectivity index (χ3v) is 1.64. The van der Waals surface area contributed by atoms with Crippen molar-refractivity contribution in [3.05, 3.63) is 6.42 Å². The summed E-state index contributed by atoms with van der Waals surface area (Å²) in [5.74, 6) is 0. The van der Waals surface area contributed by atoms with Crippen molar-refractivity contribution in [1.82, 2.24) is 5.32 Å². The predicted molar refractivity (Wildman–Crippen MR) is 46.4 cm³/mol. The van der Waals surface area contributed by atoms with Crippen molar-refractivity contribution in [1.29, 1.82) is 0 Å². The first kappa shape index (κ1) is 9.01. The van der Waals surface area contributed by atoms with E-state index in [-0.39, 0.29) is 5.41 Å². The molecule has 1 aliphatic rings. The van der Waals surface area contributed by atoms with Gasteiger partial charge >= 0.3 is 0 Å². The van der Waals surface area contributed by atoms with Gasteiger partial charge in [0.15, 0.2) is 0 Å². The van der Waals surface area contributed by atoms with Crippen LogP contribution in [0.25, 0.3) is 0 Å². The van der Waals surface area contributed by atoms with Gasteiger partial charge in [0.05, 0.1) is 12.7 Å². The van der Waals surface area contributed by atoms with Gasteiger partial charge in [0.25, 0.3) is 0 Å². The zero-order valence-electron chi connectivity index (χ0n) is 7.68. The highest BCUT2D eigenvalue weighted by Crippen LogP contribution is 2.21. The lowest BCUT2D eigenvalue weighted by atomic mass is 9.89. The van der Waals surface area contributed by atoms with Crippen LogP contribution in [0.15, 0.2) is 0 Å². The van der Waals surface area contributed by atoms with Crippen LogP contribution < -0.4 is 5.32 Å². The van der Waals surface area contributed by atoms with Gasteiger partial charge in [-0.15, -0.1) is 0 Å². The van der Waals surface area contributed by atoms with E-state index in [0.717, 1.165) is 19.7 Å². The molecule has 0 saturated carbocycles. The van der Waals surface area contributed by atoms with E-state index in [1.165, 1.54) is 0 Å². The molecule has 0 spiro atoms. The Morgan fingerprint density at radius 3 is 2.64 bits per heavy atom. The summed E-state index contributed by atoms with van der Waals surface area (Å²) in [6.07, 6.45) is 2.57. The second-order valence-corrected chi connectivity index (χ2v) is 4.15. The molecule has 0 amide bonds. The molecule has 11 heavy (non-hydrogen) atoms. The molecule has 1 rings (SSSR count). The van der Waals surface area contributed by atoms with Gasteiger partial charge in [0.2, 0.25) is 0 Å². The van der Waals surface area contributed by atoms with Gasteiger partial charge in [-0.25, -0.2) is 0 Å². The number of ether oxygens (including phenoxy) is 1. The minimum atomic E-state index is 0.268. The van der Waals surface area contributed by atoms with Crippen LogP contribution in [0.2, 0.25) is 0 Å². The van der Waals surface area contributed by atoms with Crippen LogP contribution >= 0.6 is 0 Å². The Kier molecular flexibility index (Phi) is 2.90. The molecule has 0 aliphatic carbocycles. The number of hydrogen-bond donors (Lipinski definition) is 1. The van der Waals surface area contributed by atoms with Crippen molar-refractivity contribution in [3.63, 3.8) is 0 Å². The van der Waals surface area contributed by atoms with Crippen LogP contribution in [0.1, 0.15) is 20.8 Å². The van der Waals surface area contributed by atoms with Crippen LogP contribution in [0.4, 0.5) is 0 Å². The fraction of sp³-hybridized carbons (Fsp3) is 0.889. The minimum Gasteiger partial charge on any atom is -0.375 e. The van der Waals surface area contributed by atoms with Crippen LogP contribution in [0.3, 0.4) is 0 Å². The van der Waals surface area contributed by atoms with Crippen molar-refractivity contribution in [3.8, 4) is 0 Å². The highest BCUT2D eigenvalue weighted by Gasteiger charge is 2.21. The Balaban J connectivity index is 2.24. The lowest BCUT2D eigenvalue weighted by molar-refractivity contribution is 0.0378. The summed E-state index contributed by atoms with van der Waals surface area (Å²) in [5, 5.41) is 3.30. The number of morpholine rings is 1. The zero-order chi connectivity index (χ0) is 8.32. The predicted octanol–water partition coefficient (Wildman–Crippen LogP) is 1.23. The summed E-state index contributed by atoms with van der Waals surface area (Å²) >= 11 is 0. The molecule has 1 heterocycles. The quantitative estimate of drug-likeness (QED) is 0.616. The van der Waals surface area contributed by atoms with E-state index in [1.54, 1.807) is 0 Å². The molecule has 2 heteroatoms. The second-order valence-electron chi connectivity index (χ2n) is 4.15. The maximum absolute atomic E-state index is 5.54. The van der Waals surface area contributed by atoms with Crippen LogP contribution in [-0.4, -0.2) is 25.8 Å². The molecular formula is C9H18NO. The molecule has 1 atom stereocenters. The van der Waals surface area contributed by atoms with Gasteiger partial charge in [-0.05, 0) is 11.8 Å². The minimum absolute atomic E-state index is 0.268. The Morgan fingerprint density at radius 1 is 1.45 bits per heavy atom. The molecule has 0 bridgehead atoms. The number of nitrogens with one attached hydrogen (secondary N) is 1. The molecule has 2 nitrogen and oxygen atoms in total. The number of hydrogen-bond acceptors (Lipinski definition) is 2. The normalized spacial score (nSPS) is 27.0. The first-order valence-electron chi connectivity index (χ1n) is 4.26. The average Bonchev–Trinajstić information content (AvgIpc) is 1.85. The average molecular weight is 156 g/mol. The van der Waals surface area contributed by atoms with E-state index in [4.69, 9.17) is 4.74 Å². The first-order valence-corrected chi connectivity index (χ1v) is 4.26. The third-order valence-electron chi connectivity index (χ3n) is 1.64. The summed E-state index contributed by atoms with van der Waals surface area (Å²) in [5.41, 5.74) is 0.268. The Hall–Kier alpha value is -0.0800. The fourth-order valence-electron chi connectivity index (χ4n) is 1.25. The Morgan fingerprint density at radius 2 is 2.18 bits per heavy atom. The second kappa shape index (κ2) is 3.55. The maximum atomic E-state index is 5.54. The van der Waals surface area contributed by atoms with E-state index in [9.17, 15) is 0 Å². The topological polar surface area (TPSA) is 21.3 Å². The smallest absolute Gasteiger partial charge is 0.0737 e. The van der Waals surface area contributed by atoms with E-state index in [2.05, 4.69) is 32.5 Å². The van der Waals surface area contributed by atoms with Crippen LogP contribution in [0, 0.1) is 11.8 Å². The molecule has 0 aromatic heterocycles. The van der Waals surface area contributed by atoms with Gasteiger partial charge in [-0.1, -0.05) is 20.8 Å². The van der Waals surface area contributed by atoms with Gasteiger partial charge in [0, 0.05) is 13.1 Å². The van der Waals surface area contributed by atoms with Crippen molar-refractivity contribution in [2.45, 2.75) is 26.9 Å². The van der Waals surface area contributed by atoms with Crippen molar-refractivity contribution in [2.75, 3.05) is 19.7 Å². The monoisotopic (exact) mass is 156 g/mol. The summed E-state index contributed by atoms with van der Waals surface area (Å²) in [6.45, 7) is 9.41. The summed E-state index contributed by atoms with van der Waals surface area (Å²) < 4.78 is 5.54. The van der Waals surface area contributed by atoms with E-state index in [0.29, 0.717) is 6.10 Å². The largest absolute Gasteiger partial charge is 0.375 e. The lowest BCUT2D eigenvalue weighted by Gasteiger charge is -2.29. The van der Waals surface area contributed by atoms with E-state index >= 15 is 0 Å². The summed E-state index contributed by atoms with van der Waals surface area (Å²) in [7, 11) is 0. The molecular weight excluding hydrogens is 138 g/mol. The molecule has 0 aromatic carbocycles. The van der Waals surface area contributed by atoms with Gasteiger partial charge in [-0.2, -0.15) is 0 Å². The molecule has 1 unspecified atom stereocenters. The third kappa shape index (κ3) is 3.73. The Bertz CT molecular complexity index is 111. The maximum Gasteiger partial charge on any atom is 0.0737 e. The van der Waals surface area contributed by atoms with Gasteiger partial charge < -0.3 is 10.1 Å². The van der Waals surface area contributed by atoms with Crippen LogP contribution in [-0.2, 0) is 4.74 Å². The van der Waals surface area contributed by atoms with E-state index < -0.39 is 0 Å². The highest BCUT2D eigenvalue weighted by atomic mass is 16.5. The molecule has 1 radical (unpaired) electrons.